The van der Waals surface area contributed by atoms with Gasteiger partial charge in [0.15, 0.2) is 0 Å². The number of urea groups is 1. The van der Waals surface area contributed by atoms with E-state index in [-0.39, 0.29) is 6.03 Å². The summed E-state index contributed by atoms with van der Waals surface area (Å²) < 4.78 is 0. The van der Waals surface area contributed by atoms with Gasteiger partial charge in [0.2, 0.25) is 0 Å². The number of aryl methyl sites for hydroxylation is 1. The first-order chi connectivity index (χ1) is 12.7. The molecule has 1 aliphatic rings. The lowest BCUT2D eigenvalue weighted by Crippen LogP contribution is -2.51. The van der Waals surface area contributed by atoms with Crippen molar-refractivity contribution in [3.63, 3.8) is 0 Å². The molecule has 1 saturated heterocycles. The summed E-state index contributed by atoms with van der Waals surface area (Å²) >= 11 is 1.71. The van der Waals surface area contributed by atoms with Gasteiger partial charge in [-0.1, -0.05) is 18.2 Å². The molecule has 3 rings (SSSR count). The monoisotopic (exact) mass is 370 g/mol. The Kier molecular flexibility index (Phi) is 6.52. The number of rotatable bonds is 5. The van der Waals surface area contributed by atoms with Crippen LogP contribution in [0.15, 0.2) is 47.5 Å². The van der Waals surface area contributed by atoms with Gasteiger partial charge in [-0.25, -0.2) is 4.79 Å². The number of hydrogen-bond acceptors (Lipinski definition) is 4. The molecule has 1 aromatic heterocycles. The molecule has 0 radical (unpaired) electrons. The molecule has 2 aromatic rings. The molecule has 2 amide bonds. The Bertz CT molecular complexity index is 744. The van der Waals surface area contributed by atoms with Crippen molar-refractivity contribution >= 4 is 17.8 Å². The van der Waals surface area contributed by atoms with Crippen molar-refractivity contribution in [1.29, 1.82) is 0 Å². The van der Waals surface area contributed by atoms with E-state index in [1.165, 1.54) is 10.5 Å². The molecular weight excluding hydrogens is 344 g/mol. The molecule has 1 aliphatic heterocycles. The van der Waals surface area contributed by atoms with Crippen molar-refractivity contribution in [3.8, 4) is 0 Å². The second-order valence-corrected chi connectivity index (χ2v) is 7.42. The number of thioether (sulfide) groups is 1. The van der Waals surface area contributed by atoms with E-state index >= 15 is 0 Å². The quantitative estimate of drug-likeness (QED) is 0.822. The van der Waals surface area contributed by atoms with Gasteiger partial charge in [-0.3, -0.25) is 9.88 Å². The third kappa shape index (κ3) is 4.99. The number of carbonyl (C=O) groups excluding carboxylic acids is 1. The number of piperazine rings is 1. The van der Waals surface area contributed by atoms with E-state index in [9.17, 15) is 4.79 Å². The summed E-state index contributed by atoms with van der Waals surface area (Å²) in [5.74, 6) is 0. The summed E-state index contributed by atoms with van der Waals surface area (Å²) in [5, 5.41) is 3.04. The molecule has 1 fully saturated rings. The van der Waals surface area contributed by atoms with E-state index in [1.54, 1.807) is 11.8 Å². The predicted octanol–water partition coefficient (Wildman–Crippen LogP) is 3.14. The van der Waals surface area contributed by atoms with Gasteiger partial charge in [0.05, 0.1) is 5.69 Å². The van der Waals surface area contributed by atoms with Gasteiger partial charge in [0.1, 0.15) is 0 Å². The van der Waals surface area contributed by atoms with E-state index < -0.39 is 0 Å². The minimum Gasteiger partial charge on any atom is -0.334 e. The number of pyridine rings is 1. The number of amides is 2. The highest BCUT2D eigenvalue weighted by Crippen LogP contribution is 2.16. The fourth-order valence-electron chi connectivity index (χ4n) is 3.08. The molecule has 0 bridgehead atoms. The Hall–Kier alpha value is -2.05. The van der Waals surface area contributed by atoms with Gasteiger partial charge in [-0.15, -0.1) is 11.8 Å². The van der Waals surface area contributed by atoms with Gasteiger partial charge in [0, 0.05) is 50.4 Å². The van der Waals surface area contributed by atoms with Crippen LogP contribution in [-0.4, -0.2) is 53.2 Å². The van der Waals surface area contributed by atoms with Crippen LogP contribution >= 0.6 is 11.8 Å². The molecule has 6 heteroatoms. The van der Waals surface area contributed by atoms with Crippen LogP contribution in [0.3, 0.4) is 0 Å². The van der Waals surface area contributed by atoms with Crippen LogP contribution in [0.25, 0.3) is 0 Å². The molecule has 0 saturated carbocycles. The largest absolute Gasteiger partial charge is 0.334 e. The zero-order valence-electron chi connectivity index (χ0n) is 15.4. The zero-order valence-corrected chi connectivity index (χ0v) is 16.3. The highest BCUT2D eigenvalue weighted by Gasteiger charge is 2.21. The maximum atomic E-state index is 12.4. The third-order valence-electron chi connectivity index (χ3n) is 4.73. The van der Waals surface area contributed by atoms with Crippen LogP contribution in [0.1, 0.15) is 16.8 Å². The summed E-state index contributed by atoms with van der Waals surface area (Å²) in [5.41, 5.74) is 3.48. The van der Waals surface area contributed by atoms with Crippen LogP contribution in [0.4, 0.5) is 4.79 Å². The molecule has 5 nitrogen and oxygen atoms in total. The van der Waals surface area contributed by atoms with Gasteiger partial charge in [-0.2, -0.15) is 0 Å². The number of hydrogen-bond donors (Lipinski definition) is 1. The van der Waals surface area contributed by atoms with Crippen molar-refractivity contribution in [2.24, 2.45) is 0 Å². The Balaban J connectivity index is 1.45. The van der Waals surface area contributed by atoms with Gasteiger partial charge in [-0.05, 0) is 42.5 Å². The van der Waals surface area contributed by atoms with E-state index in [1.807, 2.05) is 29.3 Å². The van der Waals surface area contributed by atoms with Gasteiger partial charge >= 0.3 is 6.03 Å². The number of aromatic nitrogens is 1. The summed E-state index contributed by atoms with van der Waals surface area (Å²) in [6.45, 7) is 6.78. The molecule has 1 N–H and O–H groups in total. The van der Waals surface area contributed by atoms with E-state index in [0.29, 0.717) is 6.54 Å². The lowest BCUT2D eigenvalue weighted by Gasteiger charge is -2.34. The molecule has 0 spiro atoms. The van der Waals surface area contributed by atoms with Gasteiger partial charge in [0.25, 0.3) is 0 Å². The Morgan fingerprint density at radius 3 is 2.73 bits per heavy atom. The molecule has 138 valence electrons. The average Bonchev–Trinajstić information content (AvgIpc) is 2.68. The second kappa shape index (κ2) is 9.05. The molecule has 0 aliphatic carbocycles. The van der Waals surface area contributed by atoms with E-state index in [0.717, 1.165) is 44.0 Å². The number of nitrogens with zero attached hydrogens (tertiary/aromatic N) is 3. The van der Waals surface area contributed by atoms with Crippen molar-refractivity contribution in [1.82, 2.24) is 20.1 Å². The van der Waals surface area contributed by atoms with Crippen molar-refractivity contribution < 1.29 is 4.79 Å². The zero-order chi connectivity index (χ0) is 18.4. The summed E-state index contributed by atoms with van der Waals surface area (Å²) in [7, 11) is 0. The fourth-order valence-corrected chi connectivity index (χ4v) is 3.56. The van der Waals surface area contributed by atoms with Gasteiger partial charge < -0.3 is 10.2 Å². The maximum absolute atomic E-state index is 12.4. The Labute approximate surface area is 159 Å². The normalized spacial score (nSPS) is 15.1. The lowest BCUT2D eigenvalue weighted by atomic mass is 10.2. The number of nitrogens with one attached hydrogen (secondary N) is 1. The minimum atomic E-state index is 0.0215. The minimum absolute atomic E-state index is 0.0215. The molecular formula is C20H26N4OS. The van der Waals surface area contributed by atoms with E-state index in [2.05, 4.69) is 46.6 Å². The Morgan fingerprint density at radius 2 is 2.00 bits per heavy atom. The fraction of sp³-hybridized carbons (Fsp3) is 0.400. The number of benzene rings is 1. The average molecular weight is 371 g/mol. The first-order valence-electron chi connectivity index (χ1n) is 8.94. The maximum Gasteiger partial charge on any atom is 0.317 e. The van der Waals surface area contributed by atoms with Crippen molar-refractivity contribution in [2.75, 3.05) is 32.4 Å². The first-order valence-corrected chi connectivity index (χ1v) is 10.2. The second-order valence-electron chi connectivity index (χ2n) is 6.54. The SMILES string of the molecule is CSc1cccc(CNC(=O)N2CCN(Cc3ncccc3C)CC2)c1. The standard InChI is InChI=1S/C20H26N4OS/c1-16-5-4-8-21-19(16)15-23-9-11-24(12-10-23)20(25)22-14-17-6-3-7-18(13-17)26-2/h3-8,13H,9-12,14-15H2,1-2H3,(H,22,25). The van der Waals surface area contributed by atoms with Crippen LogP contribution in [0.5, 0.6) is 0 Å². The van der Waals surface area contributed by atoms with Crippen LogP contribution in [0, 0.1) is 6.92 Å². The lowest BCUT2D eigenvalue weighted by molar-refractivity contribution is 0.134. The molecule has 0 unspecified atom stereocenters. The molecule has 2 heterocycles. The molecule has 26 heavy (non-hydrogen) atoms. The molecule has 1 aromatic carbocycles. The van der Waals surface area contributed by atoms with Crippen molar-refractivity contribution in [2.45, 2.75) is 24.9 Å². The third-order valence-corrected chi connectivity index (χ3v) is 5.45. The highest BCUT2D eigenvalue weighted by atomic mass is 32.2. The van der Waals surface area contributed by atoms with Crippen LogP contribution < -0.4 is 5.32 Å². The van der Waals surface area contributed by atoms with E-state index in [4.69, 9.17) is 0 Å². The Morgan fingerprint density at radius 1 is 1.19 bits per heavy atom. The van der Waals surface area contributed by atoms with Crippen molar-refractivity contribution in [3.05, 3.63) is 59.4 Å². The first kappa shape index (κ1) is 18.7. The summed E-state index contributed by atoms with van der Waals surface area (Å²) in [6, 6.07) is 12.4. The molecule has 0 atom stereocenters. The smallest absolute Gasteiger partial charge is 0.317 e. The summed E-state index contributed by atoms with van der Waals surface area (Å²) in [4.78, 5) is 22.4. The topological polar surface area (TPSA) is 48.5 Å². The highest BCUT2D eigenvalue weighted by molar-refractivity contribution is 7.98. The predicted molar refractivity (Wildman–Crippen MR) is 106 cm³/mol. The summed E-state index contributed by atoms with van der Waals surface area (Å²) in [6.07, 6.45) is 3.90. The number of carbonyl (C=O) groups is 1. The van der Waals surface area contributed by atoms with Crippen LogP contribution in [0.2, 0.25) is 0 Å². The van der Waals surface area contributed by atoms with Crippen LogP contribution in [-0.2, 0) is 13.1 Å².